The van der Waals surface area contributed by atoms with Crippen molar-refractivity contribution >= 4 is 5.69 Å². The Balaban J connectivity index is 0.00000112. The summed E-state index contributed by atoms with van der Waals surface area (Å²) in [7, 11) is 4.62. The molecule has 0 radical (unpaired) electrons. The Morgan fingerprint density at radius 3 is 2.07 bits per heavy atom. The van der Waals surface area contributed by atoms with Crippen molar-refractivity contribution in [2.24, 2.45) is 0 Å². The number of para-hydroxylation sites is 1. The number of hydrogen-bond acceptors (Lipinski definition) is 1. The molecule has 3 heteroatoms. The van der Waals surface area contributed by atoms with Crippen molar-refractivity contribution in [1.29, 1.82) is 0 Å². The average molecular weight is 227 g/mol. The van der Waals surface area contributed by atoms with E-state index >= 15 is 0 Å². The molecular formula is C12H19ClN2. The first-order chi connectivity index (χ1) is 6.67. The van der Waals surface area contributed by atoms with Gasteiger partial charge >= 0.3 is 0 Å². The van der Waals surface area contributed by atoms with Gasteiger partial charge in [-0.25, -0.2) is 0 Å². The number of quaternary nitrogens is 1. The normalized spacial score (nSPS) is 19.5. The largest absolute Gasteiger partial charge is 1.00 e. The lowest BCUT2D eigenvalue weighted by Gasteiger charge is -2.40. The van der Waals surface area contributed by atoms with E-state index < -0.39 is 0 Å². The maximum atomic E-state index is 2.48. The van der Waals surface area contributed by atoms with E-state index in [1.165, 1.54) is 31.9 Å². The molecule has 0 unspecified atom stereocenters. The molecule has 0 N–H and O–H groups in total. The van der Waals surface area contributed by atoms with Gasteiger partial charge in [-0.05, 0) is 12.1 Å². The van der Waals surface area contributed by atoms with Gasteiger partial charge in [0.2, 0.25) is 0 Å². The zero-order valence-corrected chi connectivity index (χ0v) is 10.2. The molecule has 1 saturated heterocycles. The van der Waals surface area contributed by atoms with Crippen LogP contribution in [0.1, 0.15) is 0 Å². The van der Waals surface area contributed by atoms with Crippen LogP contribution in [0.15, 0.2) is 30.3 Å². The first-order valence-corrected chi connectivity index (χ1v) is 5.29. The Morgan fingerprint density at radius 1 is 1.00 bits per heavy atom. The molecule has 1 heterocycles. The molecule has 84 valence electrons. The van der Waals surface area contributed by atoms with Gasteiger partial charge in [-0.1, -0.05) is 18.2 Å². The zero-order chi connectivity index (χ0) is 10.0. The number of halogens is 1. The number of benzene rings is 1. The summed E-state index contributed by atoms with van der Waals surface area (Å²) < 4.78 is 1.16. The fourth-order valence-electron chi connectivity index (χ4n) is 1.90. The Morgan fingerprint density at radius 2 is 1.53 bits per heavy atom. The lowest BCUT2D eigenvalue weighted by molar-refractivity contribution is -0.890. The highest BCUT2D eigenvalue weighted by molar-refractivity contribution is 5.46. The molecule has 0 spiro atoms. The highest BCUT2D eigenvalue weighted by Gasteiger charge is 2.23. The molecule has 0 aromatic heterocycles. The molecule has 0 bridgehead atoms. The smallest absolute Gasteiger partial charge is 0.0961 e. The van der Waals surface area contributed by atoms with Crippen molar-refractivity contribution in [2.45, 2.75) is 0 Å². The van der Waals surface area contributed by atoms with Crippen LogP contribution in [-0.4, -0.2) is 44.8 Å². The number of nitrogens with zero attached hydrogens (tertiary/aromatic N) is 2. The molecule has 1 aliphatic rings. The number of anilines is 1. The predicted molar refractivity (Wildman–Crippen MR) is 60.5 cm³/mol. The second-order valence-electron chi connectivity index (χ2n) is 4.71. The summed E-state index contributed by atoms with van der Waals surface area (Å²) in [6, 6.07) is 10.7. The summed E-state index contributed by atoms with van der Waals surface area (Å²) in [6.07, 6.45) is 0. The summed E-state index contributed by atoms with van der Waals surface area (Å²) in [5.74, 6) is 0. The van der Waals surface area contributed by atoms with E-state index in [-0.39, 0.29) is 12.4 Å². The lowest BCUT2D eigenvalue weighted by atomic mass is 10.2. The SMILES string of the molecule is C[N+]1(C)CCN(c2ccccc2)CC1.[Cl-]. The van der Waals surface area contributed by atoms with Gasteiger partial charge in [0.05, 0.1) is 40.3 Å². The van der Waals surface area contributed by atoms with Gasteiger partial charge < -0.3 is 21.8 Å². The minimum atomic E-state index is 0. The van der Waals surface area contributed by atoms with E-state index in [9.17, 15) is 0 Å². The second-order valence-corrected chi connectivity index (χ2v) is 4.71. The van der Waals surface area contributed by atoms with Gasteiger partial charge in [0.1, 0.15) is 0 Å². The van der Waals surface area contributed by atoms with Crippen LogP contribution in [0.5, 0.6) is 0 Å². The summed E-state index contributed by atoms with van der Waals surface area (Å²) >= 11 is 0. The van der Waals surface area contributed by atoms with Gasteiger partial charge in [0.25, 0.3) is 0 Å². The van der Waals surface area contributed by atoms with E-state index in [2.05, 4.69) is 49.3 Å². The molecule has 0 saturated carbocycles. The van der Waals surface area contributed by atoms with Crippen LogP contribution in [0.25, 0.3) is 0 Å². The quantitative estimate of drug-likeness (QED) is 0.532. The van der Waals surface area contributed by atoms with E-state index in [4.69, 9.17) is 0 Å². The minimum Gasteiger partial charge on any atom is -1.00 e. The standard InChI is InChI=1S/C12H19N2.ClH/c1-14(2)10-8-13(9-11-14)12-6-4-3-5-7-12;/h3-7H,8-11H2,1-2H3;1H/q+1;/p-1. The first kappa shape index (κ1) is 12.3. The van der Waals surface area contributed by atoms with Crippen molar-refractivity contribution in [3.05, 3.63) is 30.3 Å². The number of hydrogen-bond donors (Lipinski definition) is 0. The fourth-order valence-corrected chi connectivity index (χ4v) is 1.90. The van der Waals surface area contributed by atoms with Crippen molar-refractivity contribution in [1.82, 2.24) is 0 Å². The third-order valence-corrected chi connectivity index (χ3v) is 3.07. The summed E-state index contributed by atoms with van der Waals surface area (Å²) in [5, 5.41) is 0. The zero-order valence-electron chi connectivity index (χ0n) is 9.49. The summed E-state index contributed by atoms with van der Waals surface area (Å²) in [4.78, 5) is 2.48. The van der Waals surface area contributed by atoms with E-state index in [1.807, 2.05) is 0 Å². The van der Waals surface area contributed by atoms with Crippen LogP contribution in [0, 0.1) is 0 Å². The predicted octanol–water partition coefficient (Wildman–Crippen LogP) is -1.41. The Kier molecular flexibility index (Phi) is 4.00. The third kappa shape index (κ3) is 3.11. The van der Waals surface area contributed by atoms with Crippen molar-refractivity contribution in [3.63, 3.8) is 0 Å². The highest BCUT2D eigenvalue weighted by Crippen LogP contribution is 2.16. The molecule has 1 aromatic carbocycles. The molecule has 0 aliphatic carbocycles. The van der Waals surface area contributed by atoms with Crippen molar-refractivity contribution in [3.8, 4) is 0 Å². The van der Waals surface area contributed by atoms with Gasteiger partial charge in [-0.15, -0.1) is 0 Å². The molecule has 1 fully saturated rings. The van der Waals surface area contributed by atoms with E-state index in [1.54, 1.807) is 0 Å². The molecule has 0 amide bonds. The molecule has 2 rings (SSSR count). The topological polar surface area (TPSA) is 3.24 Å². The summed E-state index contributed by atoms with van der Waals surface area (Å²) in [6.45, 7) is 4.85. The van der Waals surface area contributed by atoms with Gasteiger partial charge in [-0.2, -0.15) is 0 Å². The average Bonchev–Trinajstić information content (AvgIpc) is 2.19. The number of rotatable bonds is 1. The molecule has 0 atom stereocenters. The molecule has 2 nitrogen and oxygen atoms in total. The Labute approximate surface area is 98.5 Å². The highest BCUT2D eigenvalue weighted by atomic mass is 35.5. The van der Waals surface area contributed by atoms with E-state index in [0.29, 0.717) is 0 Å². The van der Waals surface area contributed by atoms with Crippen LogP contribution in [0.2, 0.25) is 0 Å². The molecule has 1 aromatic rings. The maximum absolute atomic E-state index is 2.48. The van der Waals surface area contributed by atoms with Crippen molar-refractivity contribution < 1.29 is 16.9 Å². The van der Waals surface area contributed by atoms with Crippen LogP contribution in [0.3, 0.4) is 0 Å². The van der Waals surface area contributed by atoms with Gasteiger partial charge in [0.15, 0.2) is 0 Å². The van der Waals surface area contributed by atoms with Crippen LogP contribution < -0.4 is 17.3 Å². The Hall–Kier alpha value is -0.730. The number of likely N-dealkylation sites (N-methyl/N-ethyl adjacent to an activating group) is 1. The monoisotopic (exact) mass is 226 g/mol. The van der Waals surface area contributed by atoms with Crippen molar-refractivity contribution in [2.75, 3.05) is 45.2 Å². The van der Waals surface area contributed by atoms with Crippen LogP contribution >= 0.6 is 0 Å². The fraction of sp³-hybridized carbons (Fsp3) is 0.500. The summed E-state index contributed by atoms with van der Waals surface area (Å²) in [5.41, 5.74) is 1.37. The minimum absolute atomic E-state index is 0. The molecular weight excluding hydrogens is 208 g/mol. The van der Waals surface area contributed by atoms with Crippen LogP contribution in [-0.2, 0) is 0 Å². The maximum Gasteiger partial charge on any atom is 0.0961 e. The number of piperazine rings is 1. The lowest BCUT2D eigenvalue weighted by Crippen LogP contribution is -3.00. The Bertz CT molecular complexity index is 288. The molecule has 15 heavy (non-hydrogen) atoms. The van der Waals surface area contributed by atoms with E-state index in [0.717, 1.165) is 4.48 Å². The second kappa shape index (κ2) is 4.86. The van der Waals surface area contributed by atoms with Crippen LogP contribution in [0.4, 0.5) is 5.69 Å². The van der Waals surface area contributed by atoms with Gasteiger partial charge in [0, 0.05) is 5.69 Å². The van der Waals surface area contributed by atoms with Gasteiger partial charge in [-0.3, -0.25) is 0 Å². The first-order valence-electron chi connectivity index (χ1n) is 5.29. The third-order valence-electron chi connectivity index (χ3n) is 3.07. The molecule has 1 aliphatic heterocycles.